The van der Waals surface area contributed by atoms with Crippen LogP contribution in [0.3, 0.4) is 0 Å². The minimum absolute atomic E-state index is 0.248. The van der Waals surface area contributed by atoms with E-state index in [1.54, 1.807) is 30.6 Å². The van der Waals surface area contributed by atoms with Crippen LogP contribution in [-0.4, -0.2) is 27.7 Å². The highest BCUT2D eigenvalue weighted by molar-refractivity contribution is 8.18. The van der Waals surface area contributed by atoms with Crippen molar-refractivity contribution in [3.05, 3.63) is 82.8 Å². The van der Waals surface area contributed by atoms with E-state index in [0.717, 1.165) is 34.9 Å². The highest BCUT2D eigenvalue weighted by Gasteiger charge is 2.24. The van der Waals surface area contributed by atoms with Gasteiger partial charge in [-0.1, -0.05) is 30.3 Å². The standard InChI is InChI=1S/C22H17FN4O2S/c23-17-6-4-14(5-7-17)8-9-25-20-13-24-12-18(26-20)16-3-1-2-15(10-16)11-19-21(28)27-22(29)30-19/h1-7,10-13H,8-9H2,(H,25,26)(H,27,28,29). The summed E-state index contributed by atoms with van der Waals surface area (Å²) in [6, 6.07) is 13.9. The lowest BCUT2D eigenvalue weighted by molar-refractivity contribution is -0.115. The summed E-state index contributed by atoms with van der Waals surface area (Å²) in [6.45, 7) is 0.635. The maximum atomic E-state index is 13.0. The van der Waals surface area contributed by atoms with Crippen LogP contribution in [0.15, 0.2) is 65.8 Å². The largest absolute Gasteiger partial charge is 0.368 e. The second kappa shape index (κ2) is 8.87. The molecule has 1 aromatic heterocycles. The van der Waals surface area contributed by atoms with E-state index in [0.29, 0.717) is 23.0 Å². The van der Waals surface area contributed by atoms with Crippen molar-refractivity contribution in [2.45, 2.75) is 6.42 Å². The number of benzene rings is 2. The monoisotopic (exact) mass is 420 g/mol. The fourth-order valence-corrected chi connectivity index (χ4v) is 3.62. The molecule has 0 spiro atoms. The van der Waals surface area contributed by atoms with Crippen LogP contribution in [0, 0.1) is 5.82 Å². The summed E-state index contributed by atoms with van der Waals surface area (Å²) in [5.41, 5.74) is 3.34. The summed E-state index contributed by atoms with van der Waals surface area (Å²) in [5.74, 6) is -0.000792. The number of hydrogen-bond donors (Lipinski definition) is 2. The van der Waals surface area contributed by atoms with E-state index in [1.165, 1.54) is 12.1 Å². The molecule has 150 valence electrons. The fraction of sp³-hybridized carbons (Fsp3) is 0.0909. The van der Waals surface area contributed by atoms with Gasteiger partial charge in [0, 0.05) is 12.1 Å². The number of carbonyl (C=O) groups is 2. The number of carbonyl (C=O) groups excluding carboxylic acids is 2. The Balaban J connectivity index is 1.45. The van der Waals surface area contributed by atoms with Crippen molar-refractivity contribution in [3.63, 3.8) is 0 Å². The molecule has 0 saturated carbocycles. The van der Waals surface area contributed by atoms with Gasteiger partial charge in [-0.2, -0.15) is 0 Å². The minimum Gasteiger partial charge on any atom is -0.368 e. The Kier molecular flexibility index (Phi) is 5.85. The van der Waals surface area contributed by atoms with Crippen LogP contribution in [0.25, 0.3) is 17.3 Å². The second-order valence-corrected chi connectivity index (χ2v) is 7.59. The minimum atomic E-state index is -0.387. The lowest BCUT2D eigenvalue weighted by Crippen LogP contribution is -2.17. The molecule has 4 rings (SSSR count). The molecule has 2 N–H and O–H groups in total. The number of thioether (sulfide) groups is 1. The van der Waals surface area contributed by atoms with Crippen LogP contribution >= 0.6 is 11.8 Å². The van der Waals surface area contributed by atoms with Crippen molar-refractivity contribution in [1.29, 1.82) is 0 Å². The third kappa shape index (κ3) is 4.90. The Morgan fingerprint density at radius 3 is 2.70 bits per heavy atom. The highest BCUT2D eigenvalue weighted by atomic mass is 32.2. The van der Waals surface area contributed by atoms with Gasteiger partial charge in [0.15, 0.2) is 0 Å². The second-order valence-electron chi connectivity index (χ2n) is 6.57. The third-order valence-corrected chi connectivity index (χ3v) is 5.20. The number of rotatable bonds is 6. The zero-order chi connectivity index (χ0) is 20.9. The van der Waals surface area contributed by atoms with E-state index in [4.69, 9.17) is 0 Å². The fourth-order valence-electron chi connectivity index (χ4n) is 2.94. The number of imide groups is 1. The molecule has 1 aliphatic rings. The zero-order valence-corrected chi connectivity index (χ0v) is 16.6. The molecule has 2 heterocycles. The number of nitrogens with one attached hydrogen (secondary N) is 2. The normalized spacial score (nSPS) is 14.8. The third-order valence-electron chi connectivity index (χ3n) is 4.39. The van der Waals surface area contributed by atoms with Gasteiger partial charge in [0.05, 0.1) is 23.0 Å². The Bertz CT molecular complexity index is 1130. The number of halogens is 1. The molecule has 3 aromatic rings. The molecule has 2 aromatic carbocycles. The lowest BCUT2D eigenvalue weighted by atomic mass is 10.1. The molecule has 0 unspecified atom stereocenters. The molecule has 1 fully saturated rings. The van der Waals surface area contributed by atoms with E-state index < -0.39 is 0 Å². The van der Waals surface area contributed by atoms with E-state index >= 15 is 0 Å². The number of hydrogen-bond acceptors (Lipinski definition) is 6. The van der Waals surface area contributed by atoms with Gasteiger partial charge in [-0.05, 0) is 53.6 Å². The van der Waals surface area contributed by atoms with E-state index in [9.17, 15) is 14.0 Å². The van der Waals surface area contributed by atoms with E-state index in [-0.39, 0.29) is 17.0 Å². The molecule has 1 saturated heterocycles. The molecule has 30 heavy (non-hydrogen) atoms. The Hall–Kier alpha value is -3.52. The lowest BCUT2D eigenvalue weighted by Gasteiger charge is -2.08. The average Bonchev–Trinajstić information content (AvgIpc) is 3.06. The van der Waals surface area contributed by atoms with Crippen molar-refractivity contribution in [2.24, 2.45) is 0 Å². The Morgan fingerprint density at radius 1 is 1.10 bits per heavy atom. The predicted molar refractivity (Wildman–Crippen MR) is 115 cm³/mol. The summed E-state index contributed by atoms with van der Waals surface area (Å²) < 4.78 is 13.0. The first-order chi connectivity index (χ1) is 14.6. The van der Waals surface area contributed by atoms with Gasteiger partial charge in [-0.3, -0.25) is 19.9 Å². The van der Waals surface area contributed by atoms with Crippen molar-refractivity contribution in [3.8, 4) is 11.3 Å². The number of amides is 2. The SMILES string of the molecule is O=C1NC(=O)C(=Cc2cccc(-c3cncc(NCCc4ccc(F)cc4)n3)c2)S1. The van der Waals surface area contributed by atoms with E-state index in [1.807, 2.05) is 24.3 Å². The molecule has 1 aliphatic heterocycles. The van der Waals surface area contributed by atoms with Crippen LogP contribution in [0.4, 0.5) is 15.0 Å². The summed E-state index contributed by atoms with van der Waals surface area (Å²) in [5, 5.41) is 5.10. The van der Waals surface area contributed by atoms with Crippen molar-refractivity contribution >= 4 is 34.8 Å². The number of nitrogens with zero attached hydrogens (tertiary/aromatic N) is 2. The molecule has 0 atom stereocenters. The van der Waals surface area contributed by atoms with Crippen LogP contribution < -0.4 is 10.6 Å². The van der Waals surface area contributed by atoms with Gasteiger partial charge in [0.1, 0.15) is 11.6 Å². The summed E-state index contributed by atoms with van der Waals surface area (Å²) in [4.78, 5) is 32.3. The van der Waals surface area contributed by atoms with Gasteiger partial charge in [-0.25, -0.2) is 9.37 Å². The van der Waals surface area contributed by atoms with Gasteiger partial charge >= 0.3 is 0 Å². The Labute approximate surface area is 176 Å². The van der Waals surface area contributed by atoms with Gasteiger partial charge in [0.25, 0.3) is 11.1 Å². The molecule has 0 aliphatic carbocycles. The molecule has 8 heteroatoms. The summed E-state index contributed by atoms with van der Waals surface area (Å²) in [7, 11) is 0. The first-order valence-electron chi connectivity index (χ1n) is 9.22. The van der Waals surface area contributed by atoms with Gasteiger partial charge in [-0.15, -0.1) is 0 Å². The first-order valence-corrected chi connectivity index (χ1v) is 10.0. The van der Waals surface area contributed by atoms with Crippen LogP contribution in [-0.2, 0) is 11.2 Å². The topological polar surface area (TPSA) is 84.0 Å². The molecule has 0 radical (unpaired) electrons. The average molecular weight is 420 g/mol. The number of aromatic nitrogens is 2. The molecular formula is C22H17FN4O2S. The predicted octanol–water partition coefficient (Wildman–Crippen LogP) is 4.26. The Morgan fingerprint density at radius 2 is 1.93 bits per heavy atom. The molecule has 2 amide bonds. The summed E-state index contributed by atoms with van der Waals surface area (Å²) in [6.07, 6.45) is 5.71. The maximum absolute atomic E-state index is 13.0. The number of anilines is 1. The zero-order valence-electron chi connectivity index (χ0n) is 15.8. The smallest absolute Gasteiger partial charge is 0.290 e. The molecule has 0 bridgehead atoms. The molecular weight excluding hydrogens is 403 g/mol. The maximum Gasteiger partial charge on any atom is 0.290 e. The van der Waals surface area contributed by atoms with Crippen LogP contribution in [0.1, 0.15) is 11.1 Å². The van der Waals surface area contributed by atoms with E-state index in [2.05, 4.69) is 20.6 Å². The summed E-state index contributed by atoms with van der Waals surface area (Å²) >= 11 is 0.883. The van der Waals surface area contributed by atoms with Crippen molar-refractivity contribution in [2.75, 3.05) is 11.9 Å². The quantitative estimate of drug-likeness (QED) is 0.580. The van der Waals surface area contributed by atoms with Crippen molar-refractivity contribution in [1.82, 2.24) is 15.3 Å². The van der Waals surface area contributed by atoms with Crippen LogP contribution in [0.2, 0.25) is 0 Å². The van der Waals surface area contributed by atoms with Gasteiger partial charge in [0.2, 0.25) is 0 Å². The highest BCUT2D eigenvalue weighted by Crippen LogP contribution is 2.27. The van der Waals surface area contributed by atoms with Crippen LogP contribution in [0.5, 0.6) is 0 Å². The van der Waals surface area contributed by atoms with Crippen molar-refractivity contribution < 1.29 is 14.0 Å². The van der Waals surface area contributed by atoms with Gasteiger partial charge < -0.3 is 5.32 Å². The molecule has 6 nitrogen and oxygen atoms in total. The first kappa shape index (κ1) is 19.8.